The Kier molecular flexibility index (Phi) is 3.89. The molecule has 0 saturated heterocycles. The maximum Gasteiger partial charge on any atom is 0.250 e. The summed E-state index contributed by atoms with van der Waals surface area (Å²) >= 11 is 0. The Labute approximate surface area is 142 Å². The smallest absolute Gasteiger partial charge is 0.250 e. The van der Waals surface area contributed by atoms with Crippen LogP contribution in [0.1, 0.15) is 51.3 Å². The van der Waals surface area contributed by atoms with Crippen molar-refractivity contribution in [3.8, 4) is 11.8 Å². The molecule has 0 radical (unpaired) electrons. The van der Waals surface area contributed by atoms with Crippen LogP contribution in [0.15, 0.2) is 29.3 Å². The van der Waals surface area contributed by atoms with Crippen LogP contribution in [0.2, 0.25) is 0 Å². The first-order valence-corrected chi connectivity index (χ1v) is 8.21. The predicted molar refractivity (Wildman–Crippen MR) is 89.3 cm³/mol. The van der Waals surface area contributed by atoms with Gasteiger partial charge in [-0.2, -0.15) is 5.26 Å². The zero-order chi connectivity index (χ0) is 17.6. The highest BCUT2D eigenvalue weighted by atomic mass is 16.5. The fourth-order valence-electron chi connectivity index (χ4n) is 3.63. The molecule has 3 rings (SSSR count). The second-order valence-electron chi connectivity index (χ2n) is 7.01. The lowest BCUT2D eigenvalue weighted by molar-refractivity contribution is -0.138. The third kappa shape index (κ3) is 2.38. The summed E-state index contributed by atoms with van der Waals surface area (Å²) < 4.78 is 5.93. The van der Waals surface area contributed by atoms with Crippen LogP contribution >= 0.6 is 0 Å². The van der Waals surface area contributed by atoms with Gasteiger partial charge < -0.3 is 14.7 Å². The van der Waals surface area contributed by atoms with Crippen LogP contribution in [0.3, 0.4) is 0 Å². The molecule has 2 atom stereocenters. The van der Waals surface area contributed by atoms with Gasteiger partial charge in [0.2, 0.25) is 0 Å². The Morgan fingerprint density at radius 2 is 2.17 bits per heavy atom. The first-order chi connectivity index (χ1) is 11.3. The summed E-state index contributed by atoms with van der Waals surface area (Å²) in [4.78, 5) is 14.5. The molecule has 0 unspecified atom stereocenters. The van der Waals surface area contributed by atoms with Crippen molar-refractivity contribution in [2.75, 3.05) is 6.54 Å². The summed E-state index contributed by atoms with van der Waals surface area (Å²) in [6.07, 6.45) is -0.207. The summed E-state index contributed by atoms with van der Waals surface area (Å²) in [5, 5.41) is 20.1. The number of nitrogens with zero attached hydrogens (tertiary/aromatic N) is 2. The third-order valence-electron chi connectivity index (χ3n) is 4.97. The van der Waals surface area contributed by atoms with E-state index in [9.17, 15) is 15.2 Å². The first kappa shape index (κ1) is 16.5. The molecule has 0 bridgehead atoms. The van der Waals surface area contributed by atoms with Gasteiger partial charge in [-0.25, -0.2) is 0 Å². The zero-order valence-corrected chi connectivity index (χ0v) is 14.5. The maximum atomic E-state index is 12.8. The topological polar surface area (TPSA) is 73.6 Å². The molecule has 126 valence electrons. The molecule has 24 heavy (non-hydrogen) atoms. The average molecular weight is 326 g/mol. The monoisotopic (exact) mass is 326 g/mol. The van der Waals surface area contributed by atoms with E-state index in [1.165, 1.54) is 0 Å². The number of rotatable bonds is 2. The molecule has 0 fully saturated rings. The Bertz CT molecular complexity index is 773. The van der Waals surface area contributed by atoms with Gasteiger partial charge in [-0.15, -0.1) is 0 Å². The van der Waals surface area contributed by atoms with E-state index in [2.05, 4.69) is 6.07 Å². The van der Waals surface area contributed by atoms with Gasteiger partial charge in [0.15, 0.2) is 0 Å². The van der Waals surface area contributed by atoms with E-state index in [0.29, 0.717) is 29.8 Å². The molecule has 5 heteroatoms. The van der Waals surface area contributed by atoms with Gasteiger partial charge in [0.05, 0.1) is 17.7 Å². The SMILES string of the molecule is CCC1=C(C)CN([C@H]2c3cc(C#N)ccc3OC(C)(C)[C@@H]2O)C1=O. The van der Waals surface area contributed by atoms with E-state index < -0.39 is 17.7 Å². The van der Waals surface area contributed by atoms with Gasteiger partial charge >= 0.3 is 0 Å². The van der Waals surface area contributed by atoms with Crippen LogP contribution in [-0.2, 0) is 4.79 Å². The highest BCUT2D eigenvalue weighted by Gasteiger charge is 2.48. The number of hydrogen-bond donors (Lipinski definition) is 1. The summed E-state index contributed by atoms with van der Waals surface area (Å²) in [5.74, 6) is 0.578. The summed E-state index contributed by atoms with van der Waals surface area (Å²) in [6.45, 7) is 8.04. The first-order valence-electron chi connectivity index (χ1n) is 8.21. The van der Waals surface area contributed by atoms with Crippen molar-refractivity contribution in [1.82, 2.24) is 4.90 Å². The molecular weight excluding hydrogens is 304 g/mol. The van der Waals surface area contributed by atoms with E-state index in [4.69, 9.17) is 4.74 Å². The van der Waals surface area contributed by atoms with Gasteiger partial charge in [0.1, 0.15) is 17.5 Å². The molecule has 1 aromatic rings. The van der Waals surface area contributed by atoms with Gasteiger partial charge in [-0.1, -0.05) is 6.92 Å². The number of carbonyl (C=O) groups excluding carboxylic acids is 1. The number of benzene rings is 1. The van der Waals surface area contributed by atoms with E-state index in [1.807, 2.05) is 27.7 Å². The fourth-order valence-corrected chi connectivity index (χ4v) is 3.63. The van der Waals surface area contributed by atoms with Gasteiger partial charge in [0, 0.05) is 17.7 Å². The molecule has 1 aromatic carbocycles. The molecule has 5 nitrogen and oxygen atoms in total. The number of nitriles is 1. The standard InChI is InChI=1S/C19H22N2O3/c1-5-13-11(2)10-21(18(13)23)16-14-8-12(9-20)6-7-15(14)24-19(3,4)17(16)22/h6-8,16-17,22H,5,10H2,1-4H3/t16-,17+/m0/s1. The van der Waals surface area contributed by atoms with Crippen molar-refractivity contribution >= 4 is 5.91 Å². The molecule has 2 heterocycles. The van der Waals surface area contributed by atoms with Crippen molar-refractivity contribution in [2.45, 2.75) is 51.9 Å². The number of aliphatic hydroxyl groups excluding tert-OH is 1. The number of fused-ring (bicyclic) bond motifs is 1. The van der Waals surface area contributed by atoms with Gasteiger partial charge in [-0.3, -0.25) is 4.79 Å². The Hall–Kier alpha value is -2.32. The summed E-state index contributed by atoms with van der Waals surface area (Å²) in [5.41, 5.74) is 2.21. The molecular formula is C19H22N2O3. The van der Waals surface area contributed by atoms with Crippen LogP contribution in [-0.4, -0.2) is 34.2 Å². The van der Waals surface area contributed by atoms with Crippen molar-refractivity contribution in [1.29, 1.82) is 5.26 Å². The Balaban J connectivity index is 2.10. The molecule has 0 aromatic heterocycles. The molecule has 0 saturated carbocycles. The zero-order valence-electron chi connectivity index (χ0n) is 14.5. The van der Waals surface area contributed by atoms with Gasteiger partial charge in [-0.05, 0) is 51.0 Å². The van der Waals surface area contributed by atoms with Crippen molar-refractivity contribution in [3.05, 3.63) is 40.5 Å². The fraction of sp³-hybridized carbons (Fsp3) is 0.474. The summed E-state index contributed by atoms with van der Waals surface area (Å²) in [7, 11) is 0. The van der Waals surface area contributed by atoms with E-state index in [-0.39, 0.29) is 5.91 Å². The molecule has 0 spiro atoms. The largest absolute Gasteiger partial charge is 0.485 e. The minimum Gasteiger partial charge on any atom is -0.485 e. The third-order valence-corrected chi connectivity index (χ3v) is 4.97. The van der Waals surface area contributed by atoms with Crippen LogP contribution in [0.25, 0.3) is 0 Å². The highest BCUT2D eigenvalue weighted by molar-refractivity contribution is 5.97. The van der Waals surface area contributed by atoms with Crippen LogP contribution in [0.5, 0.6) is 5.75 Å². The number of ether oxygens (including phenoxy) is 1. The van der Waals surface area contributed by atoms with Crippen molar-refractivity contribution < 1.29 is 14.6 Å². The van der Waals surface area contributed by atoms with E-state index in [0.717, 1.165) is 11.1 Å². The number of hydrogen-bond acceptors (Lipinski definition) is 4. The van der Waals surface area contributed by atoms with Crippen LogP contribution < -0.4 is 4.74 Å². The molecule has 1 amide bonds. The number of aliphatic hydroxyl groups is 1. The number of carbonyl (C=O) groups is 1. The molecule has 0 aliphatic carbocycles. The molecule has 2 aliphatic heterocycles. The average Bonchev–Trinajstić information content (AvgIpc) is 2.82. The second kappa shape index (κ2) is 5.64. The molecule has 2 aliphatic rings. The Morgan fingerprint density at radius 3 is 2.75 bits per heavy atom. The van der Waals surface area contributed by atoms with Crippen molar-refractivity contribution in [2.24, 2.45) is 0 Å². The van der Waals surface area contributed by atoms with Crippen LogP contribution in [0, 0.1) is 11.3 Å². The van der Waals surface area contributed by atoms with E-state index >= 15 is 0 Å². The van der Waals surface area contributed by atoms with Crippen LogP contribution in [0.4, 0.5) is 0 Å². The lowest BCUT2D eigenvalue weighted by atomic mass is 9.85. The minimum atomic E-state index is -0.883. The lowest BCUT2D eigenvalue weighted by Crippen LogP contribution is -2.54. The number of amides is 1. The van der Waals surface area contributed by atoms with E-state index in [1.54, 1.807) is 23.1 Å². The predicted octanol–water partition coefficient (Wildman–Crippen LogP) is 2.70. The maximum absolute atomic E-state index is 12.8. The van der Waals surface area contributed by atoms with Crippen molar-refractivity contribution in [3.63, 3.8) is 0 Å². The van der Waals surface area contributed by atoms with Gasteiger partial charge in [0.25, 0.3) is 5.91 Å². The Morgan fingerprint density at radius 1 is 1.46 bits per heavy atom. The second-order valence-corrected chi connectivity index (χ2v) is 7.01. The summed E-state index contributed by atoms with van der Waals surface area (Å²) in [6, 6.07) is 6.74. The minimum absolute atomic E-state index is 0.0370. The normalized spacial score (nSPS) is 25.3. The highest BCUT2D eigenvalue weighted by Crippen LogP contribution is 2.45. The molecule has 1 N–H and O–H groups in total. The quantitative estimate of drug-likeness (QED) is 0.907. The lowest BCUT2D eigenvalue weighted by Gasteiger charge is -2.45.